The standard InChI is InChI=1S/C26H31O10P3/c1-5-30-38(28,31-6-2)34-20-17-18-24(36-39(29,32-7-3)33-8-4)26(19-20)37(27)25-16-12-10-14-22(25)21-13-9-11-15-23(21)35-37/h9-19H,5-8H2,1-4H3. The van der Waals surface area contributed by atoms with Crippen molar-refractivity contribution >= 4 is 33.6 Å². The normalized spacial score (nSPS) is 16.6. The quantitative estimate of drug-likeness (QED) is 0.189. The fourth-order valence-electron chi connectivity index (χ4n) is 4.02. The van der Waals surface area contributed by atoms with Crippen LogP contribution in [0.5, 0.6) is 17.2 Å². The summed E-state index contributed by atoms with van der Waals surface area (Å²) in [7, 11) is -12.1. The highest BCUT2D eigenvalue weighted by molar-refractivity contribution is 7.75. The molecule has 1 heterocycles. The summed E-state index contributed by atoms with van der Waals surface area (Å²) in [5.74, 6) is 0.331. The molecular weight excluding hydrogens is 565 g/mol. The molecule has 4 rings (SSSR count). The zero-order valence-electron chi connectivity index (χ0n) is 22.1. The molecule has 0 amide bonds. The van der Waals surface area contributed by atoms with E-state index in [0.29, 0.717) is 16.6 Å². The Hall–Kier alpha value is -2.41. The van der Waals surface area contributed by atoms with Crippen molar-refractivity contribution in [2.75, 3.05) is 26.4 Å². The van der Waals surface area contributed by atoms with E-state index < -0.39 is 23.0 Å². The number of hydrogen-bond donors (Lipinski definition) is 0. The first-order valence-corrected chi connectivity index (χ1v) is 17.1. The van der Waals surface area contributed by atoms with Gasteiger partial charge in [0, 0.05) is 5.56 Å². The lowest BCUT2D eigenvalue weighted by molar-refractivity contribution is 0.165. The van der Waals surface area contributed by atoms with Crippen molar-refractivity contribution in [1.29, 1.82) is 0 Å². The highest BCUT2D eigenvalue weighted by atomic mass is 31.2. The van der Waals surface area contributed by atoms with Gasteiger partial charge >= 0.3 is 23.0 Å². The molecule has 3 aromatic carbocycles. The van der Waals surface area contributed by atoms with Gasteiger partial charge in [0.15, 0.2) is 0 Å². The summed E-state index contributed by atoms with van der Waals surface area (Å²) >= 11 is 0. The Morgan fingerprint density at radius 2 is 1.21 bits per heavy atom. The maximum absolute atomic E-state index is 15.0. The number of fused-ring (bicyclic) bond motifs is 3. The molecule has 1 aliphatic rings. The van der Waals surface area contributed by atoms with Gasteiger partial charge in [-0.25, -0.2) is 9.13 Å². The van der Waals surface area contributed by atoms with Crippen molar-refractivity contribution in [3.63, 3.8) is 0 Å². The fourth-order valence-corrected chi connectivity index (χ4v) is 8.88. The third-order valence-electron chi connectivity index (χ3n) is 5.45. The van der Waals surface area contributed by atoms with Gasteiger partial charge in [-0.3, -0.25) is 22.7 Å². The van der Waals surface area contributed by atoms with Gasteiger partial charge in [-0.1, -0.05) is 36.4 Å². The first kappa shape index (κ1) is 29.6. The van der Waals surface area contributed by atoms with Crippen LogP contribution in [0.1, 0.15) is 27.7 Å². The van der Waals surface area contributed by atoms with Crippen molar-refractivity contribution in [2.24, 2.45) is 0 Å². The third-order valence-corrected chi connectivity index (χ3v) is 11.1. The Morgan fingerprint density at radius 1 is 0.667 bits per heavy atom. The molecule has 1 aliphatic heterocycles. The van der Waals surface area contributed by atoms with Crippen LogP contribution >= 0.6 is 23.0 Å². The molecule has 0 fully saturated rings. The van der Waals surface area contributed by atoms with Crippen molar-refractivity contribution in [3.05, 3.63) is 66.7 Å². The molecule has 39 heavy (non-hydrogen) atoms. The van der Waals surface area contributed by atoms with Crippen molar-refractivity contribution < 1.29 is 45.4 Å². The molecule has 13 heteroatoms. The lowest BCUT2D eigenvalue weighted by Crippen LogP contribution is -2.26. The predicted molar refractivity (Wildman–Crippen MR) is 149 cm³/mol. The number of phosphoric ester groups is 2. The summed E-state index contributed by atoms with van der Waals surface area (Å²) in [5, 5.41) is 0.396. The second-order valence-electron chi connectivity index (χ2n) is 8.03. The van der Waals surface area contributed by atoms with E-state index in [1.807, 2.05) is 24.3 Å². The van der Waals surface area contributed by atoms with Crippen molar-refractivity contribution in [3.8, 4) is 28.4 Å². The Morgan fingerprint density at radius 3 is 1.82 bits per heavy atom. The van der Waals surface area contributed by atoms with E-state index in [1.165, 1.54) is 18.2 Å². The van der Waals surface area contributed by atoms with Gasteiger partial charge < -0.3 is 13.6 Å². The van der Waals surface area contributed by atoms with Crippen LogP contribution in [0.2, 0.25) is 0 Å². The Kier molecular flexibility index (Phi) is 9.41. The average molecular weight is 596 g/mol. The lowest BCUT2D eigenvalue weighted by atomic mass is 10.0. The summed E-state index contributed by atoms with van der Waals surface area (Å²) in [6, 6.07) is 18.5. The number of phosphoric acid groups is 2. The largest absolute Gasteiger partial charge is 0.530 e. The Bertz CT molecular complexity index is 1440. The monoisotopic (exact) mass is 596 g/mol. The van der Waals surface area contributed by atoms with Gasteiger partial charge in [0.05, 0.1) is 37.0 Å². The smallest absolute Gasteiger partial charge is 0.436 e. The van der Waals surface area contributed by atoms with E-state index in [4.69, 9.17) is 31.7 Å². The van der Waals surface area contributed by atoms with Crippen LogP contribution in [0.15, 0.2) is 66.7 Å². The summed E-state index contributed by atoms with van der Waals surface area (Å²) in [5.41, 5.74) is 1.47. The molecule has 0 aliphatic carbocycles. The van der Waals surface area contributed by atoms with Gasteiger partial charge in [0.1, 0.15) is 17.2 Å². The van der Waals surface area contributed by atoms with Gasteiger partial charge in [-0.2, -0.15) is 0 Å². The molecular formula is C26H31O10P3. The van der Waals surface area contributed by atoms with Crippen LogP contribution in [-0.2, 0) is 31.8 Å². The molecule has 0 aromatic heterocycles. The maximum atomic E-state index is 15.0. The van der Waals surface area contributed by atoms with Crippen LogP contribution < -0.4 is 24.2 Å². The van der Waals surface area contributed by atoms with Crippen LogP contribution in [-0.4, -0.2) is 26.4 Å². The number of rotatable bonds is 13. The first-order valence-electron chi connectivity index (χ1n) is 12.5. The number of benzene rings is 3. The summed E-state index contributed by atoms with van der Waals surface area (Å²) in [4.78, 5) is 0. The van der Waals surface area contributed by atoms with Crippen LogP contribution in [0, 0.1) is 0 Å². The molecule has 0 saturated carbocycles. The molecule has 1 unspecified atom stereocenters. The molecule has 210 valence electrons. The maximum Gasteiger partial charge on any atom is 0.530 e. The van der Waals surface area contributed by atoms with Gasteiger partial charge in [0.25, 0.3) is 0 Å². The average Bonchev–Trinajstić information content (AvgIpc) is 2.90. The van der Waals surface area contributed by atoms with Gasteiger partial charge in [0.2, 0.25) is 0 Å². The van der Waals surface area contributed by atoms with Crippen LogP contribution in [0.25, 0.3) is 11.1 Å². The summed E-state index contributed by atoms with van der Waals surface area (Å²) < 4.78 is 80.2. The molecule has 0 bridgehead atoms. The summed E-state index contributed by atoms with van der Waals surface area (Å²) in [6.07, 6.45) is 0. The van der Waals surface area contributed by atoms with Crippen molar-refractivity contribution in [2.45, 2.75) is 27.7 Å². The molecule has 0 saturated heterocycles. The van der Waals surface area contributed by atoms with Gasteiger partial charge in [-0.05, 0) is 63.6 Å². The van der Waals surface area contributed by atoms with Crippen LogP contribution in [0.4, 0.5) is 0 Å². The highest BCUT2D eigenvalue weighted by Gasteiger charge is 2.42. The summed E-state index contributed by atoms with van der Waals surface area (Å²) in [6.45, 7) is 6.83. The minimum absolute atomic E-state index is 0.00105. The van der Waals surface area contributed by atoms with E-state index in [1.54, 1.807) is 52.0 Å². The second kappa shape index (κ2) is 12.4. The molecule has 10 nitrogen and oxygen atoms in total. The number of para-hydroxylation sites is 1. The highest BCUT2D eigenvalue weighted by Crippen LogP contribution is 2.58. The molecule has 0 radical (unpaired) electrons. The van der Waals surface area contributed by atoms with Crippen molar-refractivity contribution in [1.82, 2.24) is 0 Å². The zero-order chi connectivity index (χ0) is 28.1. The predicted octanol–water partition coefficient (Wildman–Crippen LogP) is 7.09. The second-order valence-corrected chi connectivity index (χ2v) is 13.5. The topological polar surface area (TPSA) is 116 Å². The minimum atomic E-state index is -4.10. The number of hydrogen-bond acceptors (Lipinski definition) is 10. The Labute approximate surface area is 228 Å². The molecule has 0 N–H and O–H groups in total. The third kappa shape index (κ3) is 6.34. The van der Waals surface area contributed by atoms with E-state index in [9.17, 15) is 13.7 Å². The SMILES string of the molecule is CCOP(=O)(OCC)Oc1ccc(OP(=O)(OCC)OCC)c(P2(=O)Oc3ccccc3-c3ccccc32)c1. The lowest BCUT2D eigenvalue weighted by Gasteiger charge is -2.30. The zero-order valence-corrected chi connectivity index (χ0v) is 24.8. The van der Waals surface area contributed by atoms with Crippen LogP contribution in [0.3, 0.4) is 0 Å². The molecule has 3 aromatic rings. The van der Waals surface area contributed by atoms with Gasteiger partial charge in [-0.15, -0.1) is 0 Å². The minimum Gasteiger partial charge on any atom is -0.436 e. The molecule has 0 spiro atoms. The first-order chi connectivity index (χ1) is 18.7. The van der Waals surface area contributed by atoms with E-state index in [-0.39, 0.29) is 43.2 Å². The Balaban J connectivity index is 1.91. The fraction of sp³-hybridized carbons (Fsp3) is 0.308. The van der Waals surface area contributed by atoms with E-state index in [0.717, 1.165) is 5.56 Å². The van der Waals surface area contributed by atoms with E-state index in [2.05, 4.69) is 0 Å². The van der Waals surface area contributed by atoms with E-state index >= 15 is 0 Å². The molecule has 1 atom stereocenters.